The van der Waals surface area contributed by atoms with Crippen molar-refractivity contribution in [2.45, 2.75) is 213 Å². The fraction of sp³-hybridized carbons (Fsp3) is 0.900. The molecule has 18 heteroatoms. The summed E-state index contributed by atoms with van der Waals surface area (Å²) in [4.78, 5) is 36.8. The van der Waals surface area contributed by atoms with Crippen LogP contribution in [0.2, 0.25) is 0 Å². The molecular formula is C50H78O18. The summed E-state index contributed by atoms with van der Waals surface area (Å²) < 4.78 is 47.1. The molecule has 22 atom stereocenters. The third kappa shape index (κ3) is 8.49. The van der Waals surface area contributed by atoms with Gasteiger partial charge in [-0.1, -0.05) is 53.2 Å². The van der Waals surface area contributed by atoms with Crippen LogP contribution in [0.4, 0.5) is 0 Å². The van der Waals surface area contributed by atoms with Crippen molar-refractivity contribution in [3.63, 3.8) is 0 Å². The highest BCUT2D eigenvalue weighted by molar-refractivity contribution is 5.76. The maximum atomic E-state index is 13.2. The molecule has 7 fully saturated rings. The Morgan fingerprint density at radius 1 is 0.706 bits per heavy atom. The molecule has 4 saturated carbocycles. The van der Waals surface area contributed by atoms with E-state index in [9.17, 15) is 50.1 Å². The van der Waals surface area contributed by atoms with Crippen LogP contribution in [0.5, 0.6) is 0 Å². The number of aliphatic hydroxyl groups excluding tert-OH is 6. The van der Waals surface area contributed by atoms with E-state index in [-0.39, 0.29) is 59.2 Å². The number of aliphatic carboxylic acids is 1. The Morgan fingerprint density at radius 2 is 1.35 bits per heavy atom. The molecule has 0 bridgehead atoms. The molecule has 0 aromatic rings. The Kier molecular flexibility index (Phi) is 14.2. The molecule has 0 aromatic heterocycles. The van der Waals surface area contributed by atoms with Crippen molar-refractivity contribution in [3.05, 3.63) is 11.6 Å². The van der Waals surface area contributed by atoms with E-state index in [1.807, 2.05) is 6.92 Å². The molecule has 0 aromatic carbocycles. The molecule has 0 unspecified atom stereocenters. The molecular weight excluding hydrogens is 889 g/mol. The highest BCUT2D eigenvalue weighted by atomic mass is 16.8. The molecule has 7 N–H and O–H groups in total. The lowest BCUT2D eigenvalue weighted by atomic mass is 9.33. The van der Waals surface area contributed by atoms with Gasteiger partial charge in [0.05, 0.1) is 37.4 Å². The average Bonchev–Trinajstić information content (AvgIpc) is 3.26. The maximum absolute atomic E-state index is 13.2. The van der Waals surface area contributed by atoms with Gasteiger partial charge in [-0.2, -0.15) is 0 Å². The number of hydrogen-bond acceptors (Lipinski definition) is 17. The summed E-state index contributed by atoms with van der Waals surface area (Å²) >= 11 is 0. The second kappa shape index (κ2) is 18.6. The van der Waals surface area contributed by atoms with Crippen LogP contribution in [-0.2, 0) is 52.3 Å². The Hall–Kier alpha value is -2.33. The van der Waals surface area contributed by atoms with Crippen LogP contribution in [-0.4, -0.2) is 159 Å². The van der Waals surface area contributed by atoms with Gasteiger partial charge in [0.2, 0.25) is 0 Å². The number of esters is 2. The first-order valence-corrected chi connectivity index (χ1v) is 24.9. The fourth-order valence-corrected chi connectivity index (χ4v) is 15.2. The Balaban J connectivity index is 1.00. The van der Waals surface area contributed by atoms with E-state index < -0.39 is 115 Å². The van der Waals surface area contributed by atoms with Crippen molar-refractivity contribution < 1.29 is 88.0 Å². The predicted molar refractivity (Wildman–Crippen MR) is 238 cm³/mol. The summed E-state index contributed by atoms with van der Waals surface area (Å²) in [5, 5.41) is 78.7. The van der Waals surface area contributed by atoms with Gasteiger partial charge in [-0.3, -0.25) is 14.4 Å². The molecule has 0 radical (unpaired) electrons. The molecule has 0 spiro atoms. The highest BCUT2D eigenvalue weighted by Gasteiger charge is 2.70. The van der Waals surface area contributed by atoms with E-state index in [1.54, 1.807) is 0 Å². The SMILES string of the molecule is CC(=O)O[C@@H]1[C@@H](O)[C@H](O[C@@H]2[C@@H](O)[C@H](C)O[C@@H](O[C@H]3[C@H](O[C@H]4CC[C@@]5(C)[C@@H](CC[C@]6(C)[C@@H]5CC=C5[C@H]7CC(C)(C)CC[C@]7(C(=O)O)CC[C@]56C)[C@]4(C)CO)OC[C@H](O)[C@@H]3O)[C@@H]2O)OC[C@@H]1OC(C)=O. The topological polar surface area (TPSA) is 267 Å². The van der Waals surface area contributed by atoms with Gasteiger partial charge in [0.25, 0.3) is 0 Å². The largest absolute Gasteiger partial charge is 0.481 e. The van der Waals surface area contributed by atoms with Gasteiger partial charge in [0.15, 0.2) is 31.1 Å². The van der Waals surface area contributed by atoms with Crippen LogP contribution in [0.15, 0.2) is 11.6 Å². The zero-order valence-electron chi connectivity index (χ0n) is 41.2. The van der Waals surface area contributed by atoms with Crippen LogP contribution in [0.25, 0.3) is 0 Å². The van der Waals surface area contributed by atoms with Gasteiger partial charge in [0, 0.05) is 19.3 Å². The van der Waals surface area contributed by atoms with E-state index >= 15 is 0 Å². The summed E-state index contributed by atoms with van der Waals surface area (Å²) in [7, 11) is 0. The molecule has 3 saturated heterocycles. The van der Waals surface area contributed by atoms with Crippen molar-refractivity contribution >= 4 is 17.9 Å². The summed E-state index contributed by atoms with van der Waals surface area (Å²) in [5.41, 5.74) is -0.641. The number of rotatable bonds is 10. The zero-order valence-corrected chi connectivity index (χ0v) is 41.2. The number of carboxylic acid groups (broad SMARTS) is 1. The summed E-state index contributed by atoms with van der Waals surface area (Å²) in [6.45, 7) is 16.7. The predicted octanol–water partition coefficient (Wildman–Crippen LogP) is 3.13. The van der Waals surface area contributed by atoms with Gasteiger partial charge in [-0.05, 0) is 111 Å². The Morgan fingerprint density at radius 3 is 2.01 bits per heavy atom. The number of fused-ring (bicyclic) bond motifs is 7. The number of carboxylic acids is 1. The first-order chi connectivity index (χ1) is 31.8. The number of hydrogen-bond donors (Lipinski definition) is 7. The molecule has 8 rings (SSSR count). The summed E-state index contributed by atoms with van der Waals surface area (Å²) in [6, 6.07) is 0. The number of aliphatic hydroxyl groups is 6. The Bertz CT molecular complexity index is 1930. The van der Waals surface area contributed by atoms with E-state index in [2.05, 4.69) is 40.7 Å². The zero-order chi connectivity index (χ0) is 49.7. The number of carbonyl (C=O) groups excluding carboxylic acids is 2. The minimum atomic E-state index is -1.79. The first-order valence-electron chi connectivity index (χ1n) is 24.9. The van der Waals surface area contributed by atoms with Crippen LogP contribution in [0, 0.1) is 50.2 Å². The molecule has 8 aliphatic rings. The van der Waals surface area contributed by atoms with E-state index in [1.165, 1.54) is 12.5 Å². The third-order valence-corrected chi connectivity index (χ3v) is 19.3. The first kappa shape index (κ1) is 52.0. The molecule has 18 nitrogen and oxygen atoms in total. The average molecular weight is 967 g/mol. The van der Waals surface area contributed by atoms with Crippen molar-refractivity contribution in [1.82, 2.24) is 0 Å². The minimum Gasteiger partial charge on any atom is -0.481 e. The van der Waals surface area contributed by atoms with Gasteiger partial charge in [-0.15, -0.1) is 0 Å². The number of carbonyl (C=O) groups is 3. The smallest absolute Gasteiger partial charge is 0.310 e. The van der Waals surface area contributed by atoms with E-state index in [0.717, 1.165) is 58.8 Å². The molecule has 68 heavy (non-hydrogen) atoms. The molecule has 386 valence electrons. The van der Waals surface area contributed by atoms with Crippen molar-refractivity contribution in [1.29, 1.82) is 0 Å². The van der Waals surface area contributed by atoms with Gasteiger partial charge in [0.1, 0.15) is 42.7 Å². The third-order valence-electron chi connectivity index (χ3n) is 19.3. The minimum absolute atomic E-state index is 0.00715. The van der Waals surface area contributed by atoms with Gasteiger partial charge in [-0.25, -0.2) is 0 Å². The highest BCUT2D eigenvalue weighted by Crippen LogP contribution is 2.76. The second-order valence-corrected chi connectivity index (χ2v) is 23.6. The normalized spacial score (nSPS) is 51.1. The lowest BCUT2D eigenvalue weighted by Crippen LogP contribution is -2.67. The lowest BCUT2D eigenvalue weighted by molar-refractivity contribution is -0.379. The Labute approximate surface area is 399 Å². The monoisotopic (exact) mass is 967 g/mol. The maximum Gasteiger partial charge on any atom is 0.310 e. The number of ether oxygens (including phenoxy) is 8. The second-order valence-electron chi connectivity index (χ2n) is 23.6. The van der Waals surface area contributed by atoms with Crippen LogP contribution in [0.1, 0.15) is 127 Å². The molecule has 3 heterocycles. The standard InChI is InChI=1S/C50H78O18/c1-24-34(55)39(67-41-36(57)38(65-26(3)53)30(22-62-41)64-25(2)52)37(58)42(63-24)68-40-35(56)29(54)21-61-43(40)66-33-13-14-46(6)31(47(33,7)23-51)12-15-49(9)32(46)11-10-27-28-20-45(4,5)16-18-50(28,44(59)60)19-17-48(27,49)8/h10,24,28-43,51,54-58H,11-23H2,1-9H3,(H,59,60)/t24-,28+,29-,30-,31+,32+,33-,34-,35-,36+,37+,38-,39+,40+,41-,42-,43-,46-,47-,48+,49+,50-/m0/s1. The lowest BCUT2D eigenvalue weighted by Gasteiger charge is -2.71. The fourth-order valence-electron chi connectivity index (χ4n) is 15.2. The molecule has 3 aliphatic heterocycles. The molecule has 5 aliphatic carbocycles. The molecule has 0 amide bonds. The van der Waals surface area contributed by atoms with Crippen LogP contribution >= 0.6 is 0 Å². The van der Waals surface area contributed by atoms with E-state index in [0.29, 0.717) is 19.3 Å². The van der Waals surface area contributed by atoms with Crippen LogP contribution in [0.3, 0.4) is 0 Å². The number of allylic oxidation sites excluding steroid dienone is 2. The van der Waals surface area contributed by atoms with Crippen molar-refractivity contribution in [2.24, 2.45) is 50.2 Å². The van der Waals surface area contributed by atoms with Crippen LogP contribution < -0.4 is 0 Å². The van der Waals surface area contributed by atoms with Crippen molar-refractivity contribution in [2.75, 3.05) is 19.8 Å². The summed E-state index contributed by atoms with van der Waals surface area (Å²) in [5.74, 6) is -1.89. The van der Waals surface area contributed by atoms with Gasteiger partial charge < -0.3 is 73.6 Å². The summed E-state index contributed by atoms with van der Waals surface area (Å²) in [6.07, 6.45) is -9.52. The van der Waals surface area contributed by atoms with Crippen molar-refractivity contribution in [3.8, 4) is 0 Å². The van der Waals surface area contributed by atoms with Gasteiger partial charge >= 0.3 is 17.9 Å². The quantitative estimate of drug-likeness (QED) is 0.0942. The van der Waals surface area contributed by atoms with E-state index in [4.69, 9.17) is 37.9 Å².